The fourth-order valence-corrected chi connectivity index (χ4v) is 7.28. The predicted octanol–water partition coefficient (Wildman–Crippen LogP) is 10.1. The van der Waals surface area contributed by atoms with Gasteiger partial charge in [-0.05, 0) is 58.6 Å². The van der Waals surface area contributed by atoms with Crippen LogP contribution in [-0.4, -0.2) is 0 Å². The predicted molar refractivity (Wildman–Crippen MR) is 151 cm³/mol. The third kappa shape index (κ3) is 3.51. The van der Waals surface area contributed by atoms with E-state index in [9.17, 15) is 0 Å². The molecule has 1 heterocycles. The molecule has 7 rings (SSSR count). The molecule has 0 aromatic heterocycles. The van der Waals surface area contributed by atoms with Crippen molar-refractivity contribution in [2.24, 2.45) is 0 Å². The van der Waals surface area contributed by atoms with Crippen LogP contribution in [0.25, 0.3) is 21.5 Å². The van der Waals surface area contributed by atoms with E-state index in [1.807, 2.05) is 23.5 Å². The van der Waals surface area contributed by atoms with Crippen molar-refractivity contribution in [2.45, 2.75) is 19.6 Å². The van der Waals surface area contributed by atoms with Crippen LogP contribution in [0.5, 0.6) is 0 Å². The summed E-state index contributed by atoms with van der Waals surface area (Å²) in [4.78, 5) is 7.68. The fraction of sp³-hybridized carbons (Fsp3) is 0. The van der Waals surface area contributed by atoms with E-state index in [0.29, 0.717) is 0 Å². The van der Waals surface area contributed by atoms with Gasteiger partial charge in [-0.1, -0.05) is 108 Å². The van der Waals surface area contributed by atoms with Crippen LogP contribution in [0.2, 0.25) is 0 Å². The van der Waals surface area contributed by atoms with Crippen molar-refractivity contribution in [3.63, 3.8) is 0 Å². The average Bonchev–Trinajstić information content (AvgIpc) is 2.93. The second-order valence-corrected chi connectivity index (χ2v) is 10.7. The zero-order valence-electron chi connectivity index (χ0n) is 18.9. The molecule has 6 aromatic carbocycles. The van der Waals surface area contributed by atoms with Gasteiger partial charge in [-0.15, -0.1) is 0 Å². The molecule has 0 N–H and O–H groups in total. The van der Waals surface area contributed by atoms with Crippen LogP contribution in [0.3, 0.4) is 0 Å². The highest BCUT2D eigenvalue weighted by molar-refractivity contribution is 8.05. The minimum Gasteiger partial charge on any atom is -0.309 e. The van der Waals surface area contributed by atoms with Crippen LogP contribution in [0.15, 0.2) is 147 Å². The normalized spacial score (nSPS) is 12.3. The lowest BCUT2D eigenvalue weighted by atomic mass is 9.99. The van der Waals surface area contributed by atoms with E-state index in [4.69, 9.17) is 0 Å². The van der Waals surface area contributed by atoms with E-state index in [1.165, 1.54) is 52.5 Å². The van der Waals surface area contributed by atoms with Gasteiger partial charge in [0.15, 0.2) is 0 Å². The molecular formula is C32H21NS2. The molecule has 35 heavy (non-hydrogen) atoms. The largest absolute Gasteiger partial charge is 0.309 e. The van der Waals surface area contributed by atoms with Gasteiger partial charge in [0, 0.05) is 25.8 Å². The van der Waals surface area contributed by atoms with Crippen LogP contribution < -0.4 is 4.90 Å². The first kappa shape index (κ1) is 20.7. The van der Waals surface area contributed by atoms with Crippen molar-refractivity contribution in [3.8, 4) is 0 Å². The van der Waals surface area contributed by atoms with Crippen molar-refractivity contribution in [1.82, 2.24) is 0 Å². The maximum Gasteiger partial charge on any atom is 0.0612 e. The highest BCUT2D eigenvalue weighted by Gasteiger charge is 2.25. The van der Waals surface area contributed by atoms with Crippen LogP contribution in [-0.2, 0) is 0 Å². The van der Waals surface area contributed by atoms with Gasteiger partial charge in [0.2, 0.25) is 0 Å². The lowest BCUT2D eigenvalue weighted by Gasteiger charge is -2.31. The third-order valence-electron chi connectivity index (χ3n) is 6.48. The first-order chi connectivity index (χ1) is 17.4. The van der Waals surface area contributed by atoms with Crippen molar-refractivity contribution in [2.75, 3.05) is 4.90 Å². The standard InChI is InChI=1S/C32H21NS2/c1-2-12-23(13-3-1)33(27-17-10-20-31-32(27)35-30-19-9-8-18-29(30)34-31)28-21-22-11-4-5-14-24(22)25-15-6-7-16-26(25)28/h1-21H. The van der Waals surface area contributed by atoms with E-state index >= 15 is 0 Å². The zero-order chi connectivity index (χ0) is 23.2. The lowest BCUT2D eigenvalue weighted by Crippen LogP contribution is -2.12. The van der Waals surface area contributed by atoms with Crippen LogP contribution in [0.4, 0.5) is 17.1 Å². The molecule has 0 amide bonds. The van der Waals surface area contributed by atoms with Gasteiger partial charge in [0.1, 0.15) is 0 Å². The Morgan fingerprint density at radius 3 is 1.89 bits per heavy atom. The molecule has 0 aliphatic carbocycles. The molecule has 1 nitrogen and oxygen atoms in total. The van der Waals surface area contributed by atoms with Gasteiger partial charge in [0.05, 0.1) is 16.3 Å². The van der Waals surface area contributed by atoms with Gasteiger partial charge in [-0.2, -0.15) is 0 Å². The van der Waals surface area contributed by atoms with Crippen molar-refractivity contribution in [1.29, 1.82) is 0 Å². The lowest BCUT2D eigenvalue weighted by molar-refractivity contribution is 1.12. The minimum absolute atomic E-state index is 1.16. The average molecular weight is 484 g/mol. The van der Waals surface area contributed by atoms with E-state index in [-0.39, 0.29) is 0 Å². The molecule has 0 spiro atoms. The van der Waals surface area contributed by atoms with Crippen LogP contribution >= 0.6 is 23.5 Å². The number of nitrogens with zero attached hydrogens (tertiary/aromatic N) is 1. The molecule has 0 radical (unpaired) electrons. The first-order valence-corrected chi connectivity index (χ1v) is 13.3. The Morgan fingerprint density at radius 1 is 0.429 bits per heavy atom. The highest BCUT2D eigenvalue weighted by atomic mass is 32.2. The second-order valence-electron chi connectivity index (χ2n) is 8.59. The number of para-hydroxylation sites is 1. The van der Waals surface area contributed by atoms with E-state index in [2.05, 4.69) is 132 Å². The summed E-state index contributed by atoms with van der Waals surface area (Å²) < 4.78 is 0. The Labute approximate surface area is 213 Å². The molecular weight excluding hydrogens is 462 g/mol. The fourth-order valence-electron chi connectivity index (χ4n) is 4.92. The molecule has 6 aromatic rings. The zero-order valence-corrected chi connectivity index (χ0v) is 20.5. The smallest absolute Gasteiger partial charge is 0.0612 e. The number of fused-ring (bicyclic) bond motifs is 5. The highest BCUT2D eigenvalue weighted by Crippen LogP contribution is 2.54. The maximum atomic E-state index is 2.44. The Morgan fingerprint density at radius 2 is 1.06 bits per heavy atom. The van der Waals surface area contributed by atoms with Gasteiger partial charge < -0.3 is 4.90 Å². The van der Waals surface area contributed by atoms with Crippen molar-refractivity contribution in [3.05, 3.63) is 127 Å². The molecule has 166 valence electrons. The van der Waals surface area contributed by atoms with Gasteiger partial charge in [-0.25, -0.2) is 0 Å². The molecule has 0 unspecified atom stereocenters. The summed E-state index contributed by atoms with van der Waals surface area (Å²) in [5.41, 5.74) is 3.57. The number of hydrogen-bond donors (Lipinski definition) is 0. The maximum absolute atomic E-state index is 2.44. The quantitative estimate of drug-likeness (QED) is 0.230. The Hall–Kier alpha value is -3.66. The Kier molecular flexibility index (Phi) is 5.04. The summed E-state index contributed by atoms with van der Waals surface area (Å²) in [6.45, 7) is 0. The summed E-state index contributed by atoms with van der Waals surface area (Å²) in [5.74, 6) is 0. The number of anilines is 3. The molecule has 0 saturated carbocycles. The SMILES string of the molecule is c1ccc(N(c2cccc3c2Sc2ccccc2S3)c2cc3ccccc3c3ccccc23)cc1. The summed E-state index contributed by atoms with van der Waals surface area (Å²) in [7, 11) is 0. The summed E-state index contributed by atoms with van der Waals surface area (Å²) >= 11 is 3.74. The molecule has 1 aliphatic heterocycles. The van der Waals surface area contributed by atoms with E-state index < -0.39 is 0 Å². The Balaban J connectivity index is 1.53. The summed E-state index contributed by atoms with van der Waals surface area (Å²) in [6, 6.07) is 46.0. The Bertz CT molecular complexity index is 1710. The van der Waals surface area contributed by atoms with Crippen LogP contribution in [0, 0.1) is 0 Å². The minimum atomic E-state index is 1.16. The second kappa shape index (κ2) is 8.53. The molecule has 0 atom stereocenters. The van der Waals surface area contributed by atoms with Crippen LogP contribution in [0.1, 0.15) is 0 Å². The third-order valence-corrected chi connectivity index (χ3v) is 9.09. The number of hydrogen-bond acceptors (Lipinski definition) is 3. The molecule has 3 heteroatoms. The number of rotatable bonds is 3. The van der Waals surface area contributed by atoms with E-state index in [0.717, 1.165) is 5.69 Å². The van der Waals surface area contributed by atoms with Gasteiger partial charge >= 0.3 is 0 Å². The van der Waals surface area contributed by atoms with Crippen molar-refractivity contribution >= 4 is 62.1 Å². The molecule has 1 aliphatic rings. The first-order valence-electron chi connectivity index (χ1n) is 11.7. The van der Waals surface area contributed by atoms with Crippen molar-refractivity contribution < 1.29 is 0 Å². The van der Waals surface area contributed by atoms with Gasteiger partial charge in [-0.3, -0.25) is 0 Å². The topological polar surface area (TPSA) is 3.24 Å². The monoisotopic (exact) mass is 483 g/mol. The molecule has 0 saturated heterocycles. The van der Waals surface area contributed by atoms with E-state index in [1.54, 1.807) is 0 Å². The summed E-state index contributed by atoms with van der Waals surface area (Å²) in [6.07, 6.45) is 0. The summed E-state index contributed by atoms with van der Waals surface area (Å²) in [5, 5.41) is 5.06. The molecule has 0 bridgehead atoms. The molecule has 0 fully saturated rings. The number of benzene rings is 6. The van der Waals surface area contributed by atoms with Gasteiger partial charge in [0.25, 0.3) is 0 Å².